The lowest BCUT2D eigenvalue weighted by Crippen LogP contribution is -1.96. The Labute approximate surface area is 340 Å². The van der Waals surface area contributed by atoms with Crippen LogP contribution >= 0.6 is 0 Å². The van der Waals surface area contributed by atoms with Crippen molar-refractivity contribution in [3.63, 3.8) is 0 Å². The molecule has 12 rings (SSSR count). The van der Waals surface area contributed by atoms with E-state index in [9.17, 15) is 0 Å². The van der Waals surface area contributed by atoms with Gasteiger partial charge in [0.25, 0.3) is 0 Å². The van der Waals surface area contributed by atoms with Gasteiger partial charge in [0.05, 0.1) is 11.4 Å². The van der Waals surface area contributed by atoms with Crippen LogP contribution < -0.4 is 0 Å². The molecule has 12 aromatic rings. The molecule has 0 aliphatic carbocycles. The van der Waals surface area contributed by atoms with Gasteiger partial charge in [-0.1, -0.05) is 164 Å². The SMILES string of the molecule is c1ccc(-c2nc(-c3ccc4cc(-c5c6ccccc6c(-c6ccccc6)c6ccc7ccccc7c56)ccc4c3)cc(-c3ccc4oc5ccccc5c4c3)n2)cc1. The van der Waals surface area contributed by atoms with Gasteiger partial charge in [-0.3, -0.25) is 0 Å². The molecule has 0 N–H and O–H groups in total. The maximum absolute atomic E-state index is 6.16. The van der Waals surface area contributed by atoms with E-state index in [-0.39, 0.29) is 0 Å². The van der Waals surface area contributed by atoms with Crippen LogP contribution in [0.5, 0.6) is 0 Å². The lowest BCUT2D eigenvalue weighted by atomic mass is 9.83. The van der Waals surface area contributed by atoms with Crippen LogP contribution in [0.25, 0.3) is 121 Å². The smallest absolute Gasteiger partial charge is 0.160 e. The van der Waals surface area contributed by atoms with E-state index in [1.165, 1.54) is 60.0 Å². The lowest BCUT2D eigenvalue weighted by molar-refractivity contribution is 0.669. The Morgan fingerprint density at radius 1 is 0.288 bits per heavy atom. The van der Waals surface area contributed by atoms with Gasteiger partial charge in [-0.05, 0) is 108 Å². The van der Waals surface area contributed by atoms with Gasteiger partial charge in [-0.2, -0.15) is 0 Å². The number of rotatable bonds is 5. The molecule has 0 atom stereocenters. The molecule has 274 valence electrons. The quantitative estimate of drug-likeness (QED) is 0.130. The summed E-state index contributed by atoms with van der Waals surface area (Å²) in [6, 6.07) is 73.5. The second kappa shape index (κ2) is 13.4. The molecule has 0 aliphatic heterocycles. The van der Waals surface area contributed by atoms with Gasteiger partial charge in [0, 0.05) is 27.5 Å². The van der Waals surface area contributed by atoms with Gasteiger partial charge < -0.3 is 4.42 Å². The van der Waals surface area contributed by atoms with Gasteiger partial charge in [0.15, 0.2) is 5.82 Å². The number of furan rings is 1. The molecular weight excluding hydrogens is 717 g/mol. The second-order valence-electron chi connectivity index (χ2n) is 15.3. The highest BCUT2D eigenvalue weighted by molar-refractivity contribution is 6.28. The molecule has 0 unspecified atom stereocenters. The summed E-state index contributed by atoms with van der Waals surface area (Å²) in [7, 11) is 0. The fourth-order valence-corrected chi connectivity index (χ4v) is 9.07. The van der Waals surface area contributed by atoms with Crippen LogP contribution in [-0.4, -0.2) is 9.97 Å². The maximum Gasteiger partial charge on any atom is 0.160 e. The minimum Gasteiger partial charge on any atom is -0.456 e. The number of benzene rings is 10. The second-order valence-corrected chi connectivity index (χ2v) is 15.3. The zero-order valence-corrected chi connectivity index (χ0v) is 31.9. The molecule has 0 spiro atoms. The molecule has 0 saturated carbocycles. The lowest BCUT2D eigenvalue weighted by Gasteiger charge is -2.19. The molecule has 10 aromatic carbocycles. The third kappa shape index (κ3) is 5.51. The number of hydrogen-bond acceptors (Lipinski definition) is 3. The number of fused-ring (bicyclic) bond motifs is 8. The van der Waals surface area contributed by atoms with Gasteiger partial charge in [-0.15, -0.1) is 0 Å². The standard InChI is InChI=1S/C56H34N2O/c1-3-14-36(15-4-1)53-45-20-9-10-21-46(45)54(55-43-18-8-7-13-35(43)27-29-47(53)55)42-26-24-38-31-40(25-23-39(38)32-42)49-34-50(58-56(57-49)37-16-5-2-6-17-37)41-28-30-52-48(33-41)44-19-11-12-22-51(44)59-52/h1-34H. The van der Waals surface area contributed by atoms with Gasteiger partial charge in [0.2, 0.25) is 0 Å². The van der Waals surface area contributed by atoms with Crippen molar-refractivity contribution in [2.24, 2.45) is 0 Å². The van der Waals surface area contributed by atoms with E-state index in [1.54, 1.807) is 0 Å². The Bertz CT molecular complexity index is 3610. The Morgan fingerprint density at radius 3 is 1.59 bits per heavy atom. The van der Waals surface area contributed by atoms with E-state index in [0.29, 0.717) is 5.82 Å². The van der Waals surface area contributed by atoms with E-state index in [2.05, 4.69) is 170 Å². The summed E-state index contributed by atoms with van der Waals surface area (Å²) in [5.74, 6) is 0.690. The van der Waals surface area contributed by atoms with Crippen molar-refractivity contribution >= 4 is 65.0 Å². The molecule has 0 saturated heterocycles. The van der Waals surface area contributed by atoms with E-state index in [4.69, 9.17) is 14.4 Å². The predicted molar refractivity (Wildman–Crippen MR) is 247 cm³/mol. The van der Waals surface area contributed by atoms with Crippen LogP contribution in [0, 0.1) is 0 Å². The Kier molecular flexibility index (Phi) is 7.54. The summed E-state index contributed by atoms with van der Waals surface area (Å²) in [5.41, 5.74) is 11.5. The topological polar surface area (TPSA) is 38.9 Å². The zero-order valence-electron chi connectivity index (χ0n) is 31.9. The Hall–Kier alpha value is -7.88. The summed E-state index contributed by atoms with van der Waals surface area (Å²) in [5, 5.41) is 12.0. The van der Waals surface area contributed by atoms with Gasteiger partial charge in [0.1, 0.15) is 11.2 Å². The molecule has 0 fully saturated rings. The molecule has 0 bridgehead atoms. The molecule has 2 heterocycles. The van der Waals surface area contributed by atoms with E-state index in [1.807, 2.05) is 36.4 Å². The maximum atomic E-state index is 6.16. The van der Waals surface area contributed by atoms with E-state index < -0.39 is 0 Å². The van der Waals surface area contributed by atoms with Crippen molar-refractivity contribution in [3.8, 4) is 56.2 Å². The molecule has 0 aliphatic rings. The van der Waals surface area contributed by atoms with Crippen LogP contribution in [0.4, 0.5) is 0 Å². The van der Waals surface area contributed by atoms with Crippen molar-refractivity contribution in [3.05, 3.63) is 206 Å². The largest absolute Gasteiger partial charge is 0.456 e. The predicted octanol–water partition coefficient (Wildman–Crippen LogP) is 15.3. The fourth-order valence-electron chi connectivity index (χ4n) is 9.07. The summed E-state index contributed by atoms with van der Waals surface area (Å²) in [6.45, 7) is 0. The first-order chi connectivity index (χ1) is 29.2. The first-order valence-corrected chi connectivity index (χ1v) is 20.1. The molecule has 0 amide bonds. The third-order valence-electron chi connectivity index (χ3n) is 11.8. The monoisotopic (exact) mass is 750 g/mol. The third-order valence-corrected chi connectivity index (χ3v) is 11.8. The highest BCUT2D eigenvalue weighted by Crippen LogP contribution is 2.46. The Balaban J connectivity index is 1.03. The van der Waals surface area contributed by atoms with Crippen LogP contribution in [0.15, 0.2) is 211 Å². The van der Waals surface area contributed by atoms with E-state index >= 15 is 0 Å². The summed E-state index contributed by atoms with van der Waals surface area (Å²) in [6.07, 6.45) is 0. The van der Waals surface area contributed by atoms with Crippen LogP contribution in [0.1, 0.15) is 0 Å². The van der Waals surface area contributed by atoms with Crippen molar-refractivity contribution in [1.82, 2.24) is 9.97 Å². The fraction of sp³-hybridized carbons (Fsp3) is 0. The minimum absolute atomic E-state index is 0.690. The summed E-state index contributed by atoms with van der Waals surface area (Å²) < 4.78 is 6.16. The van der Waals surface area contributed by atoms with Crippen LogP contribution in [-0.2, 0) is 0 Å². The molecule has 59 heavy (non-hydrogen) atoms. The molecule has 0 radical (unpaired) electrons. The number of para-hydroxylation sites is 1. The zero-order chi connectivity index (χ0) is 38.9. The summed E-state index contributed by atoms with van der Waals surface area (Å²) in [4.78, 5) is 10.3. The average Bonchev–Trinajstić information content (AvgIpc) is 3.69. The highest BCUT2D eigenvalue weighted by atomic mass is 16.3. The van der Waals surface area contributed by atoms with Gasteiger partial charge in [-0.25, -0.2) is 9.97 Å². The number of hydrogen-bond donors (Lipinski definition) is 0. The van der Waals surface area contributed by atoms with Crippen molar-refractivity contribution in [1.29, 1.82) is 0 Å². The first kappa shape index (κ1) is 33.3. The molecule has 3 heteroatoms. The van der Waals surface area contributed by atoms with E-state index in [0.717, 1.165) is 55.4 Å². The molecule has 2 aromatic heterocycles. The molecule has 3 nitrogen and oxygen atoms in total. The van der Waals surface area contributed by atoms with Crippen molar-refractivity contribution in [2.45, 2.75) is 0 Å². The normalized spacial score (nSPS) is 11.7. The van der Waals surface area contributed by atoms with Crippen molar-refractivity contribution < 1.29 is 4.42 Å². The average molecular weight is 751 g/mol. The van der Waals surface area contributed by atoms with Crippen molar-refractivity contribution in [2.75, 3.05) is 0 Å². The van der Waals surface area contributed by atoms with Crippen LogP contribution in [0.3, 0.4) is 0 Å². The summed E-state index contributed by atoms with van der Waals surface area (Å²) >= 11 is 0. The minimum atomic E-state index is 0.690. The first-order valence-electron chi connectivity index (χ1n) is 20.1. The highest BCUT2D eigenvalue weighted by Gasteiger charge is 2.19. The van der Waals surface area contributed by atoms with Crippen LogP contribution in [0.2, 0.25) is 0 Å². The Morgan fingerprint density at radius 2 is 0.831 bits per heavy atom. The van der Waals surface area contributed by atoms with Gasteiger partial charge >= 0.3 is 0 Å². The number of nitrogens with zero attached hydrogens (tertiary/aromatic N) is 2. The number of aromatic nitrogens is 2. The molecular formula is C56H34N2O.